The summed E-state index contributed by atoms with van der Waals surface area (Å²) in [7, 11) is 0. The van der Waals surface area contributed by atoms with Gasteiger partial charge in [0.2, 0.25) is 0 Å². The topological polar surface area (TPSA) is 101 Å². The zero-order valence-electron chi connectivity index (χ0n) is 8.46. The number of aliphatic hydroxyl groups excluding tert-OH is 1. The highest BCUT2D eigenvalue weighted by Crippen LogP contribution is 2.28. The van der Waals surface area contributed by atoms with E-state index >= 15 is 0 Å². The van der Waals surface area contributed by atoms with Crippen LogP contribution >= 0.6 is 0 Å². The lowest BCUT2D eigenvalue weighted by atomic mass is 10.1. The number of nitrogens with zero attached hydrogens (tertiary/aromatic N) is 3. The molecule has 0 aromatic carbocycles. The molecule has 3 rings (SSSR count). The summed E-state index contributed by atoms with van der Waals surface area (Å²) >= 11 is 0. The smallest absolute Gasteiger partial charge is 0.183 e. The van der Waals surface area contributed by atoms with Crippen molar-refractivity contribution in [2.24, 2.45) is 0 Å². The molecule has 1 aliphatic rings. The van der Waals surface area contributed by atoms with E-state index in [2.05, 4.69) is 19.9 Å². The van der Waals surface area contributed by atoms with Crippen LogP contribution in [0.5, 0.6) is 0 Å². The molecule has 0 saturated heterocycles. The molecule has 1 aliphatic carbocycles. The van der Waals surface area contributed by atoms with Crippen LogP contribution in [0.1, 0.15) is 18.2 Å². The Balaban J connectivity index is 2.06. The SMILES string of the molecule is Nc1ncnc2nc([C@H]3C=C[C@@H](O)C3)[nH]c12. The number of nitrogens with one attached hydrogen (secondary N) is 1. The third kappa shape index (κ3) is 1.35. The van der Waals surface area contributed by atoms with E-state index in [1.807, 2.05) is 6.08 Å². The second kappa shape index (κ2) is 3.28. The summed E-state index contributed by atoms with van der Waals surface area (Å²) in [6.07, 6.45) is 5.36. The van der Waals surface area contributed by atoms with Crippen molar-refractivity contribution in [3.05, 3.63) is 24.3 Å². The lowest BCUT2D eigenvalue weighted by Gasteiger charge is -2.03. The normalized spacial score (nSPS) is 24.3. The van der Waals surface area contributed by atoms with Gasteiger partial charge in [0.15, 0.2) is 11.5 Å². The van der Waals surface area contributed by atoms with Crippen molar-refractivity contribution in [1.82, 2.24) is 19.9 Å². The van der Waals surface area contributed by atoms with Crippen LogP contribution in [0.15, 0.2) is 18.5 Å². The van der Waals surface area contributed by atoms with Gasteiger partial charge in [0.1, 0.15) is 17.7 Å². The number of hydrogen-bond donors (Lipinski definition) is 3. The number of fused-ring (bicyclic) bond motifs is 1. The van der Waals surface area contributed by atoms with Crippen LogP contribution in [0.2, 0.25) is 0 Å². The van der Waals surface area contributed by atoms with Crippen molar-refractivity contribution < 1.29 is 5.11 Å². The Kier molecular flexibility index (Phi) is 1.90. The largest absolute Gasteiger partial charge is 0.389 e. The van der Waals surface area contributed by atoms with E-state index in [1.54, 1.807) is 6.08 Å². The Morgan fingerprint density at radius 2 is 2.25 bits per heavy atom. The Labute approximate surface area is 91.2 Å². The van der Waals surface area contributed by atoms with Crippen molar-refractivity contribution in [3.63, 3.8) is 0 Å². The monoisotopic (exact) mass is 217 g/mol. The Morgan fingerprint density at radius 1 is 1.38 bits per heavy atom. The van der Waals surface area contributed by atoms with Crippen LogP contribution in [0, 0.1) is 0 Å². The van der Waals surface area contributed by atoms with Crippen LogP contribution in [-0.2, 0) is 0 Å². The summed E-state index contributed by atoms with van der Waals surface area (Å²) < 4.78 is 0. The third-order valence-corrected chi connectivity index (χ3v) is 2.75. The molecule has 82 valence electrons. The molecular formula is C10H11N5O. The predicted octanol–water partition coefficient (Wildman–Crippen LogP) is 0.340. The summed E-state index contributed by atoms with van der Waals surface area (Å²) in [5.41, 5.74) is 6.93. The van der Waals surface area contributed by atoms with E-state index in [-0.39, 0.29) is 12.0 Å². The van der Waals surface area contributed by atoms with Crippen LogP contribution in [0.4, 0.5) is 5.82 Å². The summed E-state index contributed by atoms with van der Waals surface area (Å²) in [6, 6.07) is 0. The average Bonchev–Trinajstić information content (AvgIpc) is 2.84. The average molecular weight is 217 g/mol. The van der Waals surface area contributed by atoms with Crippen LogP contribution in [0.3, 0.4) is 0 Å². The van der Waals surface area contributed by atoms with Crippen molar-refractivity contribution in [2.75, 3.05) is 5.73 Å². The van der Waals surface area contributed by atoms with Gasteiger partial charge in [0, 0.05) is 5.92 Å². The molecule has 0 fully saturated rings. The number of hydrogen-bond acceptors (Lipinski definition) is 5. The first kappa shape index (κ1) is 9.29. The van der Waals surface area contributed by atoms with Gasteiger partial charge in [-0.05, 0) is 6.42 Å². The fraction of sp³-hybridized carbons (Fsp3) is 0.300. The number of H-pyrrole nitrogens is 1. The Bertz CT molecular complexity index is 561. The highest BCUT2D eigenvalue weighted by molar-refractivity contribution is 5.81. The maximum absolute atomic E-state index is 9.41. The van der Waals surface area contributed by atoms with Gasteiger partial charge in [-0.15, -0.1) is 0 Å². The molecule has 6 nitrogen and oxygen atoms in total. The van der Waals surface area contributed by atoms with Gasteiger partial charge in [-0.2, -0.15) is 0 Å². The van der Waals surface area contributed by atoms with E-state index in [0.717, 1.165) is 5.82 Å². The highest BCUT2D eigenvalue weighted by atomic mass is 16.3. The number of rotatable bonds is 1. The zero-order valence-corrected chi connectivity index (χ0v) is 8.46. The first-order valence-corrected chi connectivity index (χ1v) is 5.06. The number of imidazole rings is 1. The molecule has 0 saturated carbocycles. The molecule has 0 aliphatic heterocycles. The van der Waals surface area contributed by atoms with Gasteiger partial charge in [-0.25, -0.2) is 15.0 Å². The van der Waals surface area contributed by atoms with Gasteiger partial charge in [0.05, 0.1) is 6.10 Å². The number of aromatic amines is 1. The fourth-order valence-electron chi connectivity index (χ4n) is 1.92. The highest BCUT2D eigenvalue weighted by Gasteiger charge is 2.21. The fourth-order valence-corrected chi connectivity index (χ4v) is 1.92. The van der Waals surface area contributed by atoms with Gasteiger partial charge in [0.25, 0.3) is 0 Å². The van der Waals surface area contributed by atoms with E-state index in [9.17, 15) is 5.11 Å². The van der Waals surface area contributed by atoms with Crippen LogP contribution in [0.25, 0.3) is 11.2 Å². The molecule has 2 atom stereocenters. The standard InChI is InChI=1S/C10H11N5O/c11-8-7-10(13-4-12-8)15-9(14-7)5-1-2-6(16)3-5/h1-2,4-6,16H,3H2,(H3,11,12,13,14,15)/t5-,6+/m0/s1. The molecule has 0 bridgehead atoms. The first-order valence-electron chi connectivity index (χ1n) is 5.06. The van der Waals surface area contributed by atoms with Crippen molar-refractivity contribution in [1.29, 1.82) is 0 Å². The minimum Gasteiger partial charge on any atom is -0.389 e. The molecular weight excluding hydrogens is 206 g/mol. The summed E-state index contributed by atoms with van der Waals surface area (Å²) in [5, 5.41) is 9.41. The summed E-state index contributed by atoms with van der Waals surface area (Å²) in [6.45, 7) is 0. The molecule has 6 heteroatoms. The van der Waals surface area contributed by atoms with Crippen molar-refractivity contribution in [2.45, 2.75) is 18.4 Å². The second-order valence-corrected chi connectivity index (χ2v) is 3.87. The van der Waals surface area contributed by atoms with E-state index < -0.39 is 0 Å². The minimum atomic E-state index is -0.387. The van der Waals surface area contributed by atoms with Gasteiger partial charge >= 0.3 is 0 Å². The second-order valence-electron chi connectivity index (χ2n) is 3.87. The van der Waals surface area contributed by atoms with Gasteiger partial charge in [-0.1, -0.05) is 12.2 Å². The molecule has 0 amide bonds. The molecule has 0 unspecified atom stereocenters. The van der Waals surface area contributed by atoms with Crippen LogP contribution < -0.4 is 5.73 Å². The molecule has 16 heavy (non-hydrogen) atoms. The summed E-state index contributed by atoms with van der Waals surface area (Å²) in [5.74, 6) is 1.27. The lowest BCUT2D eigenvalue weighted by molar-refractivity contribution is 0.217. The quantitative estimate of drug-likeness (QED) is 0.598. The molecule has 2 heterocycles. The Hall–Kier alpha value is -1.95. The van der Waals surface area contributed by atoms with E-state index in [4.69, 9.17) is 5.73 Å². The first-order chi connectivity index (χ1) is 7.74. The van der Waals surface area contributed by atoms with E-state index in [1.165, 1.54) is 6.33 Å². The number of anilines is 1. The van der Waals surface area contributed by atoms with Crippen LogP contribution in [-0.4, -0.2) is 31.1 Å². The number of aromatic nitrogens is 4. The number of aliphatic hydroxyl groups is 1. The molecule has 0 radical (unpaired) electrons. The summed E-state index contributed by atoms with van der Waals surface area (Å²) in [4.78, 5) is 15.4. The zero-order chi connectivity index (χ0) is 11.1. The Morgan fingerprint density at radius 3 is 2.94 bits per heavy atom. The van der Waals surface area contributed by atoms with Gasteiger partial charge < -0.3 is 15.8 Å². The maximum atomic E-state index is 9.41. The van der Waals surface area contributed by atoms with Crippen molar-refractivity contribution >= 4 is 17.0 Å². The number of nitrogen functional groups attached to an aromatic ring is 1. The third-order valence-electron chi connectivity index (χ3n) is 2.75. The molecule has 4 N–H and O–H groups in total. The van der Waals surface area contributed by atoms with Gasteiger partial charge in [-0.3, -0.25) is 0 Å². The number of nitrogens with two attached hydrogens (primary N) is 1. The lowest BCUT2D eigenvalue weighted by Crippen LogP contribution is -2.02. The maximum Gasteiger partial charge on any atom is 0.183 e. The van der Waals surface area contributed by atoms with E-state index in [0.29, 0.717) is 23.4 Å². The molecule has 2 aromatic heterocycles. The van der Waals surface area contributed by atoms with Crippen molar-refractivity contribution in [3.8, 4) is 0 Å². The minimum absolute atomic E-state index is 0.101. The molecule has 2 aromatic rings. The number of allylic oxidation sites excluding steroid dienone is 1. The molecule has 0 spiro atoms. The predicted molar refractivity (Wildman–Crippen MR) is 58.6 cm³/mol.